The van der Waals surface area contributed by atoms with Gasteiger partial charge in [-0.15, -0.1) is 0 Å². The van der Waals surface area contributed by atoms with E-state index in [9.17, 15) is 4.79 Å². The Labute approximate surface area is 206 Å². The van der Waals surface area contributed by atoms with E-state index >= 15 is 0 Å². The highest BCUT2D eigenvalue weighted by Crippen LogP contribution is 2.27. The lowest BCUT2D eigenvalue weighted by molar-refractivity contribution is 0.0384. The number of hydrogen-bond acceptors (Lipinski definition) is 4. The molecule has 0 saturated carbocycles. The van der Waals surface area contributed by atoms with Gasteiger partial charge >= 0.3 is 6.03 Å². The monoisotopic (exact) mass is 481 g/mol. The highest BCUT2D eigenvalue weighted by Gasteiger charge is 2.22. The molecule has 0 bridgehead atoms. The van der Waals surface area contributed by atoms with E-state index < -0.39 is 0 Å². The van der Waals surface area contributed by atoms with Crippen molar-refractivity contribution in [3.8, 4) is 5.69 Å². The molecule has 2 N–H and O–H groups in total. The summed E-state index contributed by atoms with van der Waals surface area (Å²) in [6.07, 6.45) is 0.945. The fourth-order valence-corrected chi connectivity index (χ4v) is 3.93. The van der Waals surface area contributed by atoms with Crippen LogP contribution in [0.4, 0.5) is 16.3 Å². The van der Waals surface area contributed by atoms with Gasteiger partial charge < -0.3 is 10.1 Å². The predicted octanol–water partition coefficient (Wildman–Crippen LogP) is 5.34. The lowest BCUT2D eigenvalue weighted by atomic mass is 9.92. The maximum atomic E-state index is 12.7. The van der Waals surface area contributed by atoms with Crippen molar-refractivity contribution in [1.82, 2.24) is 14.7 Å². The molecule has 0 spiro atoms. The molecule has 34 heavy (non-hydrogen) atoms. The number of halogens is 1. The van der Waals surface area contributed by atoms with Gasteiger partial charge in [-0.25, -0.2) is 9.48 Å². The number of amides is 2. The Morgan fingerprint density at radius 1 is 1.06 bits per heavy atom. The number of rotatable bonds is 6. The fourth-order valence-electron chi connectivity index (χ4n) is 3.80. The molecule has 2 heterocycles. The highest BCUT2D eigenvalue weighted by atomic mass is 35.5. The van der Waals surface area contributed by atoms with Crippen LogP contribution in [0, 0.1) is 0 Å². The van der Waals surface area contributed by atoms with Gasteiger partial charge in [0.25, 0.3) is 0 Å². The topological polar surface area (TPSA) is 71.4 Å². The summed E-state index contributed by atoms with van der Waals surface area (Å²) in [6, 6.07) is 16.9. The molecule has 0 atom stereocenters. The minimum absolute atomic E-state index is 0.164. The number of carbonyl (C=O) groups is 1. The van der Waals surface area contributed by atoms with E-state index in [0.29, 0.717) is 16.5 Å². The van der Waals surface area contributed by atoms with E-state index in [1.807, 2.05) is 18.2 Å². The maximum Gasteiger partial charge on any atom is 0.324 e. The van der Waals surface area contributed by atoms with Crippen LogP contribution in [0.25, 0.3) is 5.69 Å². The zero-order valence-electron chi connectivity index (χ0n) is 20.0. The molecule has 2 aromatic carbocycles. The maximum absolute atomic E-state index is 12.7. The van der Waals surface area contributed by atoms with Gasteiger partial charge in [0.05, 0.1) is 24.6 Å². The number of benzene rings is 2. The van der Waals surface area contributed by atoms with Gasteiger partial charge in [-0.05, 0) is 48.4 Å². The van der Waals surface area contributed by atoms with Gasteiger partial charge in [0.15, 0.2) is 0 Å². The van der Waals surface area contributed by atoms with Crippen LogP contribution in [-0.4, -0.2) is 53.6 Å². The Kier molecular flexibility index (Phi) is 7.56. The van der Waals surface area contributed by atoms with Crippen molar-refractivity contribution in [2.75, 3.05) is 43.5 Å². The highest BCUT2D eigenvalue weighted by molar-refractivity contribution is 6.30. The molecule has 0 aliphatic carbocycles. The van der Waals surface area contributed by atoms with Gasteiger partial charge in [-0.1, -0.05) is 44.5 Å². The lowest BCUT2D eigenvalue weighted by Crippen LogP contribution is -2.37. The molecule has 7 nitrogen and oxygen atoms in total. The third kappa shape index (κ3) is 6.38. The van der Waals surface area contributed by atoms with E-state index in [2.05, 4.69) is 48.4 Å². The summed E-state index contributed by atoms with van der Waals surface area (Å²) in [5.41, 5.74) is 3.54. The van der Waals surface area contributed by atoms with Crippen LogP contribution in [-0.2, 0) is 16.6 Å². The first-order valence-electron chi connectivity index (χ1n) is 11.6. The first kappa shape index (κ1) is 24.3. The Morgan fingerprint density at radius 2 is 1.79 bits per heavy atom. The largest absolute Gasteiger partial charge is 0.379 e. The summed E-state index contributed by atoms with van der Waals surface area (Å²) in [6.45, 7) is 10.9. The van der Waals surface area contributed by atoms with Crippen LogP contribution in [0.1, 0.15) is 32.0 Å². The number of urea groups is 1. The molecule has 180 valence electrons. The Balaban J connectivity index is 1.53. The Morgan fingerprint density at radius 3 is 2.50 bits per heavy atom. The predicted molar refractivity (Wildman–Crippen MR) is 137 cm³/mol. The van der Waals surface area contributed by atoms with Crippen molar-refractivity contribution in [3.63, 3.8) is 0 Å². The Bertz CT molecular complexity index is 1110. The number of morpholine rings is 1. The molecular formula is C26H32ClN5O2. The molecule has 0 radical (unpaired) electrons. The first-order chi connectivity index (χ1) is 16.3. The minimum atomic E-state index is -0.340. The summed E-state index contributed by atoms with van der Waals surface area (Å²) in [7, 11) is 0. The van der Waals surface area contributed by atoms with Gasteiger partial charge in [0, 0.05) is 41.8 Å². The van der Waals surface area contributed by atoms with E-state index in [1.165, 1.54) is 5.56 Å². The lowest BCUT2D eigenvalue weighted by Gasteiger charge is -2.26. The van der Waals surface area contributed by atoms with Crippen LogP contribution in [0.5, 0.6) is 0 Å². The third-order valence-electron chi connectivity index (χ3n) is 5.80. The average Bonchev–Trinajstić information content (AvgIpc) is 3.24. The zero-order valence-corrected chi connectivity index (χ0v) is 20.7. The average molecular weight is 482 g/mol. The Hall–Kier alpha value is -2.87. The summed E-state index contributed by atoms with van der Waals surface area (Å²) in [4.78, 5) is 15.2. The molecule has 8 heteroatoms. The molecule has 1 aliphatic rings. The molecule has 1 saturated heterocycles. The SMILES string of the molecule is CC(C)(C)c1cc(NC(=O)Nc2ccc(Cl)cc2)n(-c2cccc(CCN3CCOCC3)c2)n1. The van der Waals surface area contributed by atoms with Crippen LogP contribution < -0.4 is 10.6 Å². The molecular weight excluding hydrogens is 450 g/mol. The van der Waals surface area contributed by atoms with Crippen LogP contribution >= 0.6 is 11.6 Å². The normalized spacial score (nSPS) is 14.7. The van der Waals surface area contributed by atoms with E-state index in [-0.39, 0.29) is 11.4 Å². The van der Waals surface area contributed by atoms with Crippen LogP contribution in [0.3, 0.4) is 0 Å². The van der Waals surface area contributed by atoms with Crippen molar-refractivity contribution in [3.05, 3.63) is 70.9 Å². The summed E-state index contributed by atoms with van der Waals surface area (Å²) in [5.74, 6) is 0.613. The number of aromatic nitrogens is 2. The number of nitrogens with one attached hydrogen (secondary N) is 2. The summed E-state index contributed by atoms with van der Waals surface area (Å²) in [5, 5.41) is 11.3. The number of anilines is 2. The molecule has 2 amide bonds. The van der Waals surface area contributed by atoms with E-state index in [1.54, 1.807) is 28.9 Å². The van der Waals surface area contributed by atoms with Crippen molar-refractivity contribution < 1.29 is 9.53 Å². The molecule has 1 fully saturated rings. The molecule has 1 aliphatic heterocycles. The number of ether oxygens (including phenoxy) is 1. The smallest absolute Gasteiger partial charge is 0.324 e. The van der Waals surface area contributed by atoms with Gasteiger partial charge in [-0.2, -0.15) is 5.10 Å². The second kappa shape index (κ2) is 10.6. The third-order valence-corrected chi connectivity index (χ3v) is 6.05. The minimum Gasteiger partial charge on any atom is -0.379 e. The van der Waals surface area contributed by atoms with E-state index in [4.69, 9.17) is 21.4 Å². The van der Waals surface area contributed by atoms with Gasteiger partial charge in [-0.3, -0.25) is 10.2 Å². The van der Waals surface area contributed by atoms with Crippen molar-refractivity contribution in [2.45, 2.75) is 32.6 Å². The number of carbonyl (C=O) groups excluding carboxylic acids is 1. The summed E-state index contributed by atoms with van der Waals surface area (Å²) < 4.78 is 7.25. The zero-order chi connectivity index (χ0) is 24.1. The van der Waals surface area contributed by atoms with Crippen molar-refractivity contribution >= 4 is 29.1 Å². The van der Waals surface area contributed by atoms with Crippen LogP contribution in [0.2, 0.25) is 5.02 Å². The molecule has 3 aromatic rings. The van der Waals surface area contributed by atoms with E-state index in [0.717, 1.165) is 50.7 Å². The van der Waals surface area contributed by atoms with Crippen molar-refractivity contribution in [2.24, 2.45) is 0 Å². The number of nitrogens with zero attached hydrogens (tertiary/aromatic N) is 3. The standard InChI is InChI=1S/C26H32ClN5O2/c1-26(2,3)23-18-24(29-25(33)28-21-9-7-20(27)8-10-21)32(30-23)22-6-4-5-19(17-22)11-12-31-13-15-34-16-14-31/h4-10,17-18H,11-16H2,1-3H3,(H2,28,29,33). The fraction of sp³-hybridized carbons (Fsp3) is 0.385. The molecule has 4 rings (SSSR count). The number of hydrogen-bond donors (Lipinski definition) is 2. The quantitative estimate of drug-likeness (QED) is 0.498. The van der Waals surface area contributed by atoms with Gasteiger partial charge in [0.2, 0.25) is 0 Å². The van der Waals surface area contributed by atoms with Crippen LogP contribution in [0.15, 0.2) is 54.6 Å². The molecule has 1 aromatic heterocycles. The molecule has 0 unspecified atom stereocenters. The second-order valence-electron chi connectivity index (χ2n) is 9.54. The summed E-state index contributed by atoms with van der Waals surface area (Å²) >= 11 is 5.94. The van der Waals surface area contributed by atoms with Crippen molar-refractivity contribution in [1.29, 1.82) is 0 Å². The first-order valence-corrected chi connectivity index (χ1v) is 12.0. The second-order valence-corrected chi connectivity index (χ2v) is 9.97. The van der Waals surface area contributed by atoms with Gasteiger partial charge in [0.1, 0.15) is 5.82 Å².